The van der Waals surface area contributed by atoms with Crippen LogP contribution in [0.15, 0.2) is 47.4 Å². The number of thioether (sulfide) groups is 1. The van der Waals surface area contributed by atoms with Crippen LogP contribution in [0.25, 0.3) is 6.08 Å². The van der Waals surface area contributed by atoms with E-state index in [0.29, 0.717) is 0 Å². The summed E-state index contributed by atoms with van der Waals surface area (Å²) in [5, 5.41) is 2.88. The maximum Gasteiger partial charge on any atom is 0.248 e. The smallest absolute Gasteiger partial charge is 0.248 e. The molecule has 1 N–H and O–H groups in total. The first-order valence-corrected chi connectivity index (χ1v) is 8.54. The Balaban J connectivity index is 2.12. The quantitative estimate of drug-likeness (QED) is 0.640. The average Bonchev–Trinajstić information content (AvgIpc) is 2.54. The van der Waals surface area contributed by atoms with Crippen molar-refractivity contribution in [1.82, 2.24) is 0 Å². The molecular formula is C19H21NO2S. The van der Waals surface area contributed by atoms with Crippen molar-refractivity contribution in [2.45, 2.75) is 18.7 Å². The van der Waals surface area contributed by atoms with E-state index in [9.17, 15) is 4.79 Å². The first-order chi connectivity index (χ1) is 11.0. The van der Waals surface area contributed by atoms with Gasteiger partial charge in [-0.25, -0.2) is 0 Å². The van der Waals surface area contributed by atoms with Gasteiger partial charge < -0.3 is 10.1 Å². The summed E-state index contributed by atoms with van der Waals surface area (Å²) in [4.78, 5) is 13.2. The fourth-order valence-corrected chi connectivity index (χ4v) is 2.82. The van der Waals surface area contributed by atoms with Gasteiger partial charge in [0.1, 0.15) is 5.75 Å². The number of benzene rings is 2. The molecule has 0 aromatic heterocycles. The summed E-state index contributed by atoms with van der Waals surface area (Å²) >= 11 is 1.65. The molecule has 0 aliphatic rings. The van der Waals surface area contributed by atoms with Crippen molar-refractivity contribution < 1.29 is 9.53 Å². The van der Waals surface area contributed by atoms with Crippen molar-refractivity contribution in [3.63, 3.8) is 0 Å². The molecule has 1 amide bonds. The van der Waals surface area contributed by atoms with Crippen LogP contribution in [0.2, 0.25) is 0 Å². The van der Waals surface area contributed by atoms with Crippen LogP contribution in [0.3, 0.4) is 0 Å². The summed E-state index contributed by atoms with van der Waals surface area (Å²) in [6.45, 7) is 4.02. The molecule has 0 aliphatic heterocycles. The summed E-state index contributed by atoms with van der Waals surface area (Å²) in [5.74, 6) is 0.688. The molecule has 0 spiro atoms. The third-order valence-electron chi connectivity index (χ3n) is 3.54. The SMILES string of the molecule is COc1cc(C)c(/C=C/C(=O)Nc2cccc(SC)c2)c(C)c1. The first kappa shape index (κ1) is 17.2. The summed E-state index contributed by atoms with van der Waals surface area (Å²) in [6, 6.07) is 11.7. The van der Waals surface area contributed by atoms with Crippen molar-refractivity contribution >= 4 is 29.4 Å². The van der Waals surface area contributed by atoms with Crippen LogP contribution in [0, 0.1) is 13.8 Å². The standard InChI is InChI=1S/C19H21NO2S/c1-13-10-16(22-3)11-14(2)18(13)8-9-19(21)20-15-6-5-7-17(12-15)23-4/h5-12H,1-4H3,(H,20,21)/b9-8+. The molecule has 4 heteroatoms. The lowest BCUT2D eigenvalue weighted by atomic mass is 10.0. The van der Waals surface area contributed by atoms with Gasteiger partial charge in [-0.15, -0.1) is 11.8 Å². The van der Waals surface area contributed by atoms with E-state index in [0.717, 1.165) is 33.0 Å². The number of nitrogens with one attached hydrogen (secondary N) is 1. The number of carbonyl (C=O) groups excluding carboxylic acids is 1. The Hall–Kier alpha value is -2.20. The molecule has 120 valence electrons. The summed E-state index contributed by atoms with van der Waals surface area (Å²) in [5.41, 5.74) is 4.00. The second kappa shape index (κ2) is 7.88. The van der Waals surface area contributed by atoms with Crippen LogP contribution in [-0.4, -0.2) is 19.3 Å². The third kappa shape index (κ3) is 4.63. The molecule has 0 unspecified atom stereocenters. The normalized spacial score (nSPS) is 10.8. The average molecular weight is 327 g/mol. The molecule has 2 rings (SSSR count). The molecule has 0 radical (unpaired) electrons. The minimum Gasteiger partial charge on any atom is -0.497 e. The predicted octanol–water partition coefficient (Wildman–Crippen LogP) is 4.69. The summed E-state index contributed by atoms with van der Waals surface area (Å²) in [7, 11) is 1.65. The van der Waals surface area contributed by atoms with Crippen molar-refractivity contribution in [1.29, 1.82) is 0 Å². The molecule has 2 aromatic carbocycles. The van der Waals surface area contributed by atoms with Gasteiger partial charge in [-0.05, 0) is 73.2 Å². The Morgan fingerprint density at radius 1 is 1.17 bits per heavy atom. The fourth-order valence-electron chi connectivity index (χ4n) is 2.36. The molecule has 3 nitrogen and oxygen atoms in total. The van der Waals surface area contributed by atoms with Gasteiger partial charge in [0.15, 0.2) is 0 Å². The highest BCUT2D eigenvalue weighted by Crippen LogP contribution is 2.23. The first-order valence-electron chi connectivity index (χ1n) is 7.32. The van der Waals surface area contributed by atoms with E-state index in [1.165, 1.54) is 0 Å². The van der Waals surface area contributed by atoms with Gasteiger partial charge in [-0.3, -0.25) is 4.79 Å². The third-order valence-corrected chi connectivity index (χ3v) is 4.27. The Labute approximate surface area is 141 Å². The van der Waals surface area contributed by atoms with Gasteiger partial charge >= 0.3 is 0 Å². The zero-order valence-electron chi connectivity index (χ0n) is 13.8. The van der Waals surface area contributed by atoms with Crippen LogP contribution in [0.4, 0.5) is 5.69 Å². The van der Waals surface area contributed by atoms with E-state index in [2.05, 4.69) is 5.32 Å². The van der Waals surface area contributed by atoms with E-state index in [4.69, 9.17) is 4.74 Å². The Bertz CT molecular complexity index is 715. The predicted molar refractivity (Wildman–Crippen MR) is 98.4 cm³/mol. The number of amides is 1. The summed E-state index contributed by atoms with van der Waals surface area (Å²) in [6.07, 6.45) is 5.42. The molecule has 0 saturated carbocycles. The van der Waals surface area contributed by atoms with Gasteiger partial charge in [-0.2, -0.15) is 0 Å². The molecular weight excluding hydrogens is 306 g/mol. The number of rotatable bonds is 5. The Morgan fingerprint density at radius 3 is 2.48 bits per heavy atom. The van der Waals surface area contributed by atoms with Crippen molar-refractivity contribution in [2.75, 3.05) is 18.7 Å². The summed E-state index contributed by atoms with van der Waals surface area (Å²) < 4.78 is 5.25. The van der Waals surface area contributed by atoms with Crippen molar-refractivity contribution in [3.8, 4) is 5.75 Å². The lowest BCUT2D eigenvalue weighted by molar-refractivity contribution is -0.111. The number of hydrogen-bond donors (Lipinski definition) is 1. The minimum atomic E-state index is -0.141. The largest absolute Gasteiger partial charge is 0.497 e. The molecule has 23 heavy (non-hydrogen) atoms. The number of aryl methyl sites for hydroxylation is 2. The second-order valence-corrected chi connectivity index (χ2v) is 6.11. The van der Waals surface area contributed by atoms with Crippen molar-refractivity contribution in [3.05, 3.63) is 59.2 Å². The minimum absolute atomic E-state index is 0.141. The topological polar surface area (TPSA) is 38.3 Å². The lowest BCUT2D eigenvalue weighted by Crippen LogP contribution is -2.07. The van der Waals surface area contributed by atoms with E-state index in [1.807, 2.05) is 62.6 Å². The van der Waals surface area contributed by atoms with Crippen LogP contribution in [-0.2, 0) is 4.79 Å². The van der Waals surface area contributed by atoms with Gasteiger partial charge in [0.2, 0.25) is 5.91 Å². The number of anilines is 1. The molecule has 0 fully saturated rings. The monoisotopic (exact) mass is 327 g/mol. The number of carbonyl (C=O) groups is 1. The zero-order chi connectivity index (χ0) is 16.8. The highest BCUT2D eigenvalue weighted by molar-refractivity contribution is 7.98. The van der Waals surface area contributed by atoms with Crippen LogP contribution < -0.4 is 10.1 Å². The van der Waals surface area contributed by atoms with E-state index < -0.39 is 0 Å². The van der Waals surface area contributed by atoms with Crippen LogP contribution in [0.5, 0.6) is 5.75 Å². The highest BCUT2D eigenvalue weighted by Gasteiger charge is 2.04. The highest BCUT2D eigenvalue weighted by atomic mass is 32.2. The molecule has 0 atom stereocenters. The number of methoxy groups -OCH3 is 1. The van der Waals surface area contributed by atoms with Gasteiger partial charge in [0.25, 0.3) is 0 Å². The lowest BCUT2D eigenvalue weighted by Gasteiger charge is -2.09. The van der Waals surface area contributed by atoms with Gasteiger partial charge in [0.05, 0.1) is 7.11 Å². The molecule has 0 heterocycles. The number of ether oxygens (including phenoxy) is 1. The van der Waals surface area contributed by atoms with E-state index >= 15 is 0 Å². The number of hydrogen-bond acceptors (Lipinski definition) is 3. The molecule has 0 saturated heterocycles. The maximum atomic E-state index is 12.1. The molecule has 0 aliphatic carbocycles. The second-order valence-electron chi connectivity index (χ2n) is 5.23. The maximum absolute atomic E-state index is 12.1. The Kier molecular flexibility index (Phi) is 5.88. The fraction of sp³-hybridized carbons (Fsp3) is 0.211. The van der Waals surface area contributed by atoms with E-state index in [-0.39, 0.29) is 5.91 Å². The van der Waals surface area contributed by atoms with Gasteiger partial charge in [-0.1, -0.05) is 6.07 Å². The van der Waals surface area contributed by atoms with Crippen LogP contribution >= 0.6 is 11.8 Å². The van der Waals surface area contributed by atoms with E-state index in [1.54, 1.807) is 24.9 Å². The zero-order valence-corrected chi connectivity index (χ0v) is 14.7. The molecule has 0 bridgehead atoms. The van der Waals surface area contributed by atoms with Crippen molar-refractivity contribution in [2.24, 2.45) is 0 Å². The van der Waals surface area contributed by atoms with Crippen LogP contribution in [0.1, 0.15) is 16.7 Å². The Morgan fingerprint density at radius 2 is 1.87 bits per heavy atom. The molecule has 2 aromatic rings. The van der Waals surface area contributed by atoms with Gasteiger partial charge in [0, 0.05) is 16.7 Å².